The molecule has 0 aromatic rings. The molecule has 0 amide bonds. The van der Waals surface area contributed by atoms with Crippen LogP contribution in [-0.2, 0) is 4.74 Å². The Morgan fingerprint density at radius 3 is 2.11 bits per heavy atom. The maximum Gasteiger partial charge on any atom is 0.0806 e. The van der Waals surface area contributed by atoms with Crippen LogP contribution in [0.2, 0.25) is 0 Å². The molecule has 56 valence electrons. The molecule has 9 heavy (non-hydrogen) atoms. The Hall–Kier alpha value is -0.0800. The highest BCUT2D eigenvalue weighted by Crippen LogP contribution is 2.00. The van der Waals surface area contributed by atoms with E-state index >= 15 is 0 Å². The van der Waals surface area contributed by atoms with E-state index in [1.54, 1.807) is 0 Å². The highest BCUT2D eigenvalue weighted by Gasteiger charge is 2.05. The first-order valence-corrected chi connectivity index (χ1v) is 3.47. The van der Waals surface area contributed by atoms with E-state index < -0.39 is 0 Å². The molecule has 0 spiro atoms. The maximum atomic E-state index is 8.65. The number of ether oxygens (including phenoxy) is 1. The van der Waals surface area contributed by atoms with Gasteiger partial charge in [-0.15, -0.1) is 0 Å². The highest BCUT2D eigenvalue weighted by molar-refractivity contribution is 4.52. The summed E-state index contributed by atoms with van der Waals surface area (Å²) >= 11 is 0. The van der Waals surface area contributed by atoms with Crippen molar-refractivity contribution >= 4 is 0 Å². The van der Waals surface area contributed by atoms with Gasteiger partial charge >= 0.3 is 0 Å². The third-order valence-corrected chi connectivity index (χ3v) is 1.12. The lowest BCUT2D eigenvalue weighted by Gasteiger charge is -2.15. The summed E-state index contributed by atoms with van der Waals surface area (Å²) in [4.78, 5) is 0. The fourth-order valence-electron chi connectivity index (χ4n) is 0.653. The van der Waals surface area contributed by atoms with Gasteiger partial charge in [0.05, 0.1) is 18.8 Å². The van der Waals surface area contributed by atoms with E-state index in [0.717, 1.165) is 6.42 Å². The highest BCUT2D eigenvalue weighted by atomic mass is 16.5. The van der Waals surface area contributed by atoms with Crippen LogP contribution in [0.25, 0.3) is 0 Å². The van der Waals surface area contributed by atoms with E-state index in [4.69, 9.17) is 9.84 Å². The zero-order valence-corrected chi connectivity index (χ0v) is 6.42. The van der Waals surface area contributed by atoms with Gasteiger partial charge in [-0.2, -0.15) is 0 Å². The average molecular weight is 132 g/mol. The van der Waals surface area contributed by atoms with E-state index in [1.165, 1.54) is 0 Å². The summed E-state index contributed by atoms with van der Waals surface area (Å²) in [6, 6.07) is 0. The Morgan fingerprint density at radius 2 is 2.00 bits per heavy atom. The summed E-state index contributed by atoms with van der Waals surface area (Å²) in [5, 5.41) is 8.65. The molecule has 1 unspecified atom stereocenters. The van der Waals surface area contributed by atoms with Gasteiger partial charge in [-0.3, -0.25) is 0 Å². The van der Waals surface area contributed by atoms with Gasteiger partial charge in [0.25, 0.3) is 0 Å². The summed E-state index contributed by atoms with van der Waals surface area (Å²) in [7, 11) is 0. The van der Waals surface area contributed by atoms with Crippen LogP contribution < -0.4 is 0 Å². The molecule has 0 fully saturated rings. The van der Waals surface area contributed by atoms with Gasteiger partial charge in [-0.05, 0) is 20.3 Å². The standard InChI is InChI=1S/C7H16O2/c1-4-7(5-8)9-6(2)3/h6-8H,4-5H2,1-3H3. The van der Waals surface area contributed by atoms with Crippen molar-refractivity contribution in [3.8, 4) is 0 Å². The smallest absolute Gasteiger partial charge is 0.0806 e. The summed E-state index contributed by atoms with van der Waals surface area (Å²) in [5.74, 6) is 0. The summed E-state index contributed by atoms with van der Waals surface area (Å²) in [6.07, 6.45) is 1.14. The molecule has 0 heterocycles. The largest absolute Gasteiger partial charge is 0.394 e. The van der Waals surface area contributed by atoms with Crippen molar-refractivity contribution < 1.29 is 9.84 Å². The lowest BCUT2D eigenvalue weighted by Crippen LogP contribution is -2.20. The molecule has 1 atom stereocenters. The van der Waals surface area contributed by atoms with Crippen LogP contribution in [0.15, 0.2) is 0 Å². The Kier molecular flexibility index (Phi) is 4.72. The summed E-state index contributed by atoms with van der Waals surface area (Å²) in [5.41, 5.74) is 0. The van der Waals surface area contributed by atoms with Gasteiger partial charge < -0.3 is 9.84 Å². The van der Waals surface area contributed by atoms with Crippen LogP contribution in [-0.4, -0.2) is 23.9 Å². The molecule has 0 saturated heterocycles. The van der Waals surface area contributed by atoms with Crippen LogP contribution in [0, 0.1) is 0 Å². The van der Waals surface area contributed by atoms with E-state index in [9.17, 15) is 0 Å². The second-order valence-corrected chi connectivity index (χ2v) is 2.40. The minimum absolute atomic E-state index is 0.0324. The van der Waals surface area contributed by atoms with Crippen molar-refractivity contribution in [2.24, 2.45) is 0 Å². The summed E-state index contributed by atoms with van der Waals surface area (Å²) < 4.78 is 5.30. The van der Waals surface area contributed by atoms with E-state index in [0.29, 0.717) is 0 Å². The molecular weight excluding hydrogens is 116 g/mol. The van der Waals surface area contributed by atoms with Gasteiger partial charge in [0.15, 0.2) is 0 Å². The minimum atomic E-state index is 0.0324. The normalized spacial score (nSPS) is 14.3. The third-order valence-electron chi connectivity index (χ3n) is 1.12. The average Bonchev–Trinajstić information content (AvgIpc) is 1.82. The molecule has 0 aliphatic rings. The van der Waals surface area contributed by atoms with Crippen molar-refractivity contribution in [3.63, 3.8) is 0 Å². The number of rotatable bonds is 4. The van der Waals surface area contributed by atoms with Gasteiger partial charge in [0.2, 0.25) is 0 Å². The van der Waals surface area contributed by atoms with Crippen molar-refractivity contribution in [3.05, 3.63) is 0 Å². The van der Waals surface area contributed by atoms with Gasteiger partial charge in [0, 0.05) is 0 Å². The van der Waals surface area contributed by atoms with Gasteiger partial charge in [-0.1, -0.05) is 6.92 Å². The van der Waals surface area contributed by atoms with Crippen molar-refractivity contribution in [1.29, 1.82) is 0 Å². The fraction of sp³-hybridized carbons (Fsp3) is 1.00. The molecule has 0 saturated carbocycles. The third kappa shape index (κ3) is 4.43. The number of aliphatic hydroxyl groups is 1. The van der Waals surface area contributed by atoms with Crippen LogP contribution in [0.3, 0.4) is 0 Å². The second kappa shape index (κ2) is 4.77. The lowest BCUT2D eigenvalue weighted by molar-refractivity contribution is -0.0244. The van der Waals surface area contributed by atoms with Crippen molar-refractivity contribution in [2.45, 2.75) is 39.4 Å². The molecule has 0 rings (SSSR count). The molecule has 0 bridgehead atoms. The van der Waals surface area contributed by atoms with Crippen molar-refractivity contribution in [2.75, 3.05) is 6.61 Å². The molecule has 0 aliphatic heterocycles. The fourth-order valence-corrected chi connectivity index (χ4v) is 0.653. The lowest BCUT2D eigenvalue weighted by atomic mass is 10.3. The van der Waals surface area contributed by atoms with E-state index in [1.807, 2.05) is 20.8 Å². The topological polar surface area (TPSA) is 29.5 Å². The Labute approximate surface area is 56.8 Å². The monoisotopic (exact) mass is 132 g/mol. The first-order valence-electron chi connectivity index (χ1n) is 3.47. The predicted molar refractivity (Wildman–Crippen MR) is 37.4 cm³/mol. The van der Waals surface area contributed by atoms with Crippen LogP contribution >= 0.6 is 0 Å². The Balaban J connectivity index is 3.31. The van der Waals surface area contributed by atoms with Crippen LogP contribution in [0.5, 0.6) is 0 Å². The Bertz CT molecular complexity index is 57.9. The molecule has 1 N–H and O–H groups in total. The number of hydrogen-bond donors (Lipinski definition) is 1. The van der Waals surface area contributed by atoms with Crippen LogP contribution in [0.1, 0.15) is 27.2 Å². The molecule has 2 nitrogen and oxygen atoms in total. The molecule has 0 aromatic heterocycles. The summed E-state index contributed by atoms with van der Waals surface area (Å²) in [6.45, 7) is 6.08. The van der Waals surface area contributed by atoms with Crippen LogP contribution in [0.4, 0.5) is 0 Å². The SMILES string of the molecule is CCC(CO)OC(C)C. The first-order chi connectivity index (χ1) is 4.20. The molecule has 0 radical (unpaired) electrons. The molecule has 0 aromatic carbocycles. The zero-order valence-electron chi connectivity index (χ0n) is 6.42. The van der Waals surface area contributed by atoms with Gasteiger partial charge in [-0.25, -0.2) is 0 Å². The molecular formula is C7H16O2. The number of aliphatic hydroxyl groups excluding tert-OH is 1. The van der Waals surface area contributed by atoms with Crippen molar-refractivity contribution in [1.82, 2.24) is 0 Å². The van der Waals surface area contributed by atoms with E-state index in [-0.39, 0.29) is 18.8 Å². The predicted octanol–water partition coefficient (Wildman–Crippen LogP) is 1.18. The quantitative estimate of drug-likeness (QED) is 0.622. The minimum Gasteiger partial charge on any atom is -0.394 e. The zero-order chi connectivity index (χ0) is 7.28. The van der Waals surface area contributed by atoms with E-state index in [2.05, 4.69) is 0 Å². The first kappa shape index (κ1) is 8.92. The number of hydrogen-bond acceptors (Lipinski definition) is 2. The molecule has 2 heteroatoms. The Morgan fingerprint density at radius 1 is 1.44 bits per heavy atom. The molecule has 0 aliphatic carbocycles. The van der Waals surface area contributed by atoms with Gasteiger partial charge in [0.1, 0.15) is 0 Å². The maximum absolute atomic E-state index is 8.65. The second-order valence-electron chi connectivity index (χ2n) is 2.40.